The summed E-state index contributed by atoms with van der Waals surface area (Å²) in [5, 5.41) is 0. The van der Waals surface area contributed by atoms with Gasteiger partial charge in [-0.2, -0.15) is 13.2 Å². The average Bonchev–Trinajstić information content (AvgIpc) is 2.33. The van der Waals surface area contributed by atoms with Crippen molar-refractivity contribution in [3.63, 3.8) is 0 Å². The lowest BCUT2D eigenvalue weighted by molar-refractivity contribution is -0.137. The summed E-state index contributed by atoms with van der Waals surface area (Å²) in [6.07, 6.45) is -3.33. The molecule has 0 bridgehead atoms. The Morgan fingerprint density at radius 2 is 1.85 bits per heavy atom. The Morgan fingerprint density at radius 1 is 1.20 bits per heavy atom. The van der Waals surface area contributed by atoms with Crippen LogP contribution in [0.2, 0.25) is 0 Å². The molecule has 2 rings (SSSR count). The molecule has 0 radical (unpaired) electrons. The molecule has 3 unspecified atom stereocenters. The third-order valence-corrected chi connectivity index (χ3v) is 4.23. The van der Waals surface area contributed by atoms with E-state index in [1.54, 1.807) is 6.07 Å². The van der Waals surface area contributed by atoms with E-state index in [1.165, 1.54) is 6.07 Å². The Balaban J connectivity index is 2.46. The molecule has 3 atom stereocenters. The fourth-order valence-corrected chi connectivity index (χ4v) is 3.06. The van der Waals surface area contributed by atoms with Crippen LogP contribution in [0.5, 0.6) is 0 Å². The van der Waals surface area contributed by atoms with Crippen LogP contribution >= 0.6 is 0 Å². The third kappa shape index (κ3) is 2.86. The van der Waals surface area contributed by atoms with Gasteiger partial charge < -0.3 is 10.6 Å². The SMILES string of the molecule is CC1CC(C)C(C)N(c2ccc(N)cc2C(F)(F)F)C1. The summed E-state index contributed by atoms with van der Waals surface area (Å²) in [5.41, 5.74) is 5.28. The summed E-state index contributed by atoms with van der Waals surface area (Å²) in [4.78, 5) is 1.88. The lowest BCUT2D eigenvalue weighted by Crippen LogP contribution is -2.46. The summed E-state index contributed by atoms with van der Waals surface area (Å²) < 4.78 is 39.7. The van der Waals surface area contributed by atoms with Crippen molar-refractivity contribution in [3.8, 4) is 0 Å². The van der Waals surface area contributed by atoms with Crippen LogP contribution in [-0.4, -0.2) is 12.6 Å². The van der Waals surface area contributed by atoms with Crippen molar-refractivity contribution in [1.29, 1.82) is 0 Å². The van der Waals surface area contributed by atoms with Crippen molar-refractivity contribution < 1.29 is 13.2 Å². The maximum atomic E-state index is 13.2. The predicted octanol–water partition coefficient (Wildman–Crippen LogP) is 4.16. The minimum atomic E-state index is -4.38. The predicted molar refractivity (Wildman–Crippen MR) is 75.6 cm³/mol. The quantitative estimate of drug-likeness (QED) is 0.785. The molecule has 0 saturated carbocycles. The second-order valence-corrected chi connectivity index (χ2v) is 5.99. The van der Waals surface area contributed by atoms with Crippen molar-refractivity contribution in [2.75, 3.05) is 17.2 Å². The molecule has 0 aromatic heterocycles. The fourth-order valence-electron chi connectivity index (χ4n) is 3.06. The molecular weight excluding hydrogens is 265 g/mol. The fraction of sp³-hybridized carbons (Fsp3) is 0.600. The van der Waals surface area contributed by atoms with Crippen molar-refractivity contribution in [1.82, 2.24) is 0 Å². The zero-order chi connectivity index (χ0) is 15.1. The van der Waals surface area contributed by atoms with Crippen molar-refractivity contribution in [2.45, 2.75) is 39.4 Å². The molecule has 1 aliphatic heterocycles. The maximum absolute atomic E-state index is 13.2. The molecule has 0 aliphatic carbocycles. The van der Waals surface area contributed by atoms with Crippen molar-refractivity contribution in [3.05, 3.63) is 23.8 Å². The molecule has 1 fully saturated rings. The van der Waals surface area contributed by atoms with Gasteiger partial charge in [0.25, 0.3) is 0 Å². The number of halogens is 3. The van der Waals surface area contributed by atoms with E-state index in [-0.39, 0.29) is 17.4 Å². The molecule has 1 heterocycles. The van der Waals surface area contributed by atoms with E-state index in [9.17, 15) is 13.2 Å². The molecule has 1 aromatic carbocycles. The average molecular weight is 286 g/mol. The van der Waals surface area contributed by atoms with Gasteiger partial charge in [-0.15, -0.1) is 0 Å². The maximum Gasteiger partial charge on any atom is 0.418 e. The standard InChI is InChI=1S/C15H21F3N2/c1-9-6-10(2)11(3)20(8-9)14-5-4-12(19)7-13(14)15(16,17)18/h4-5,7,9-11H,6,8,19H2,1-3H3. The van der Waals surface area contributed by atoms with E-state index in [0.29, 0.717) is 18.4 Å². The zero-order valence-electron chi connectivity index (χ0n) is 12.0. The Bertz CT molecular complexity index is 484. The highest BCUT2D eigenvalue weighted by molar-refractivity contribution is 5.61. The van der Waals surface area contributed by atoms with Gasteiger partial charge in [0.05, 0.1) is 5.56 Å². The van der Waals surface area contributed by atoms with Gasteiger partial charge in [0.1, 0.15) is 0 Å². The minimum Gasteiger partial charge on any atom is -0.399 e. The molecule has 5 heteroatoms. The molecule has 2 N–H and O–H groups in total. The first-order valence-corrected chi connectivity index (χ1v) is 6.93. The number of nitrogens with two attached hydrogens (primary N) is 1. The largest absolute Gasteiger partial charge is 0.418 e. The van der Waals surface area contributed by atoms with E-state index in [4.69, 9.17) is 5.73 Å². The van der Waals surface area contributed by atoms with Crippen LogP contribution in [0.25, 0.3) is 0 Å². The summed E-state index contributed by atoms with van der Waals surface area (Å²) in [5.74, 6) is 0.761. The highest BCUT2D eigenvalue weighted by atomic mass is 19.4. The summed E-state index contributed by atoms with van der Waals surface area (Å²) in [6, 6.07) is 4.17. The number of benzene rings is 1. The normalized spacial score (nSPS) is 27.7. The van der Waals surface area contributed by atoms with Crippen LogP contribution in [0.3, 0.4) is 0 Å². The number of nitrogens with zero attached hydrogens (tertiary/aromatic N) is 1. The lowest BCUT2D eigenvalue weighted by atomic mass is 9.85. The van der Waals surface area contributed by atoms with Gasteiger partial charge in [-0.25, -0.2) is 0 Å². The highest BCUT2D eigenvalue weighted by Gasteiger charge is 2.38. The van der Waals surface area contributed by atoms with E-state index in [1.807, 2.05) is 11.8 Å². The molecule has 20 heavy (non-hydrogen) atoms. The Labute approximate surface area is 117 Å². The number of rotatable bonds is 1. The first-order valence-electron chi connectivity index (χ1n) is 6.93. The van der Waals surface area contributed by atoms with Gasteiger partial charge in [0.15, 0.2) is 0 Å². The van der Waals surface area contributed by atoms with Crippen LogP contribution in [0.1, 0.15) is 32.8 Å². The van der Waals surface area contributed by atoms with Crippen LogP contribution in [0.15, 0.2) is 18.2 Å². The van der Waals surface area contributed by atoms with Gasteiger partial charge in [0.2, 0.25) is 0 Å². The minimum absolute atomic E-state index is 0.0934. The van der Waals surface area contributed by atoms with Gasteiger partial charge in [-0.3, -0.25) is 0 Å². The smallest absolute Gasteiger partial charge is 0.399 e. The topological polar surface area (TPSA) is 29.3 Å². The van der Waals surface area contributed by atoms with Gasteiger partial charge in [0, 0.05) is 24.0 Å². The second kappa shape index (κ2) is 5.19. The molecular formula is C15H21F3N2. The number of anilines is 2. The number of nitrogen functional groups attached to an aromatic ring is 1. The molecule has 1 aromatic rings. The van der Waals surface area contributed by atoms with Crippen LogP contribution in [-0.2, 0) is 6.18 Å². The van der Waals surface area contributed by atoms with Gasteiger partial charge in [-0.1, -0.05) is 13.8 Å². The molecule has 0 amide bonds. The van der Waals surface area contributed by atoms with Gasteiger partial charge >= 0.3 is 6.18 Å². The monoisotopic (exact) mass is 286 g/mol. The van der Waals surface area contributed by atoms with E-state index < -0.39 is 11.7 Å². The lowest BCUT2D eigenvalue weighted by Gasteiger charge is -2.43. The van der Waals surface area contributed by atoms with Crippen LogP contribution in [0, 0.1) is 11.8 Å². The summed E-state index contributed by atoms with van der Waals surface area (Å²) >= 11 is 0. The molecule has 1 saturated heterocycles. The first kappa shape index (κ1) is 15.0. The highest BCUT2D eigenvalue weighted by Crippen LogP contribution is 2.41. The zero-order valence-corrected chi connectivity index (χ0v) is 12.0. The molecule has 112 valence electrons. The second-order valence-electron chi connectivity index (χ2n) is 5.99. The summed E-state index contributed by atoms with van der Waals surface area (Å²) in [6.45, 7) is 6.82. The van der Waals surface area contributed by atoms with E-state index >= 15 is 0 Å². The number of piperidine rings is 1. The van der Waals surface area contributed by atoms with E-state index in [2.05, 4.69) is 13.8 Å². The third-order valence-electron chi connectivity index (χ3n) is 4.23. The Hall–Kier alpha value is -1.39. The Kier molecular flexibility index (Phi) is 3.89. The van der Waals surface area contributed by atoms with E-state index in [0.717, 1.165) is 12.5 Å². The van der Waals surface area contributed by atoms with Crippen molar-refractivity contribution in [2.24, 2.45) is 11.8 Å². The first-order chi connectivity index (χ1) is 9.20. The summed E-state index contributed by atoms with van der Waals surface area (Å²) in [7, 11) is 0. The molecule has 0 spiro atoms. The number of hydrogen-bond donors (Lipinski definition) is 1. The number of alkyl halides is 3. The van der Waals surface area contributed by atoms with Crippen molar-refractivity contribution >= 4 is 11.4 Å². The molecule has 1 aliphatic rings. The van der Waals surface area contributed by atoms with Gasteiger partial charge in [-0.05, 0) is 43.4 Å². The molecule has 2 nitrogen and oxygen atoms in total. The number of hydrogen-bond acceptors (Lipinski definition) is 2. The van der Waals surface area contributed by atoms with Crippen LogP contribution < -0.4 is 10.6 Å². The Morgan fingerprint density at radius 3 is 2.45 bits per heavy atom. The van der Waals surface area contributed by atoms with Crippen LogP contribution in [0.4, 0.5) is 24.5 Å².